The summed E-state index contributed by atoms with van der Waals surface area (Å²) in [4.78, 5) is 14.1. The van der Waals surface area contributed by atoms with Crippen LogP contribution in [0.25, 0.3) is 0 Å². The van der Waals surface area contributed by atoms with E-state index in [0.717, 1.165) is 20.5 Å². The van der Waals surface area contributed by atoms with Gasteiger partial charge in [0.1, 0.15) is 0 Å². The second kappa shape index (κ2) is 5.12. The molecule has 0 radical (unpaired) electrons. The number of rotatable bonds is 3. The van der Waals surface area contributed by atoms with Gasteiger partial charge in [0.25, 0.3) is 5.91 Å². The largest absolute Gasteiger partial charge is 0.340 e. The number of amides is 1. The first-order valence-electron chi connectivity index (χ1n) is 3.72. The highest BCUT2D eigenvalue weighted by Crippen LogP contribution is 2.22. The van der Waals surface area contributed by atoms with Crippen molar-refractivity contribution in [3.63, 3.8) is 0 Å². The van der Waals surface area contributed by atoms with Crippen molar-refractivity contribution in [1.29, 1.82) is 0 Å². The molecule has 0 spiro atoms. The molecule has 0 fully saturated rings. The fraction of sp³-hybridized carbons (Fsp3) is 0.375. The molecule has 72 valence electrons. The van der Waals surface area contributed by atoms with Gasteiger partial charge in [0.15, 0.2) is 0 Å². The molecule has 1 rings (SSSR count). The SMILES string of the molecule is CN(CCBr)C(=O)c1ccc(Br)s1. The maximum absolute atomic E-state index is 11.6. The van der Waals surface area contributed by atoms with Gasteiger partial charge in [-0.25, -0.2) is 0 Å². The first-order chi connectivity index (χ1) is 6.15. The highest BCUT2D eigenvalue weighted by Gasteiger charge is 2.12. The number of hydrogen-bond acceptors (Lipinski definition) is 2. The van der Waals surface area contributed by atoms with E-state index in [0.29, 0.717) is 0 Å². The van der Waals surface area contributed by atoms with E-state index in [1.54, 1.807) is 11.9 Å². The summed E-state index contributed by atoms with van der Waals surface area (Å²) in [5.74, 6) is 0.0788. The maximum atomic E-state index is 11.6. The summed E-state index contributed by atoms with van der Waals surface area (Å²) in [7, 11) is 1.80. The zero-order valence-electron chi connectivity index (χ0n) is 7.09. The third-order valence-corrected chi connectivity index (χ3v) is 3.52. The van der Waals surface area contributed by atoms with Gasteiger partial charge in [-0.05, 0) is 28.1 Å². The topological polar surface area (TPSA) is 20.3 Å². The van der Waals surface area contributed by atoms with E-state index in [-0.39, 0.29) is 5.91 Å². The molecule has 0 bridgehead atoms. The second-order valence-corrected chi connectivity index (χ2v) is 5.78. The number of nitrogens with zero attached hydrogens (tertiary/aromatic N) is 1. The lowest BCUT2D eigenvalue weighted by molar-refractivity contribution is 0.0809. The predicted octanol–water partition coefficient (Wildman–Crippen LogP) is 2.98. The number of carbonyl (C=O) groups is 1. The van der Waals surface area contributed by atoms with E-state index in [1.165, 1.54) is 11.3 Å². The Kier molecular flexibility index (Phi) is 4.41. The maximum Gasteiger partial charge on any atom is 0.263 e. The summed E-state index contributed by atoms with van der Waals surface area (Å²) in [6.07, 6.45) is 0. The number of alkyl halides is 1. The lowest BCUT2D eigenvalue weighted by Crippen LogP contribution is -2.27. The molecule has 0 N–H and O–H groups in total. The van der Waals surface area contributed by atoms with E-state index in [4.69, 9.17) is 0 Å². The van der Waals surface area contributed by atoms with Crippen molar-refractivity contribution in [1.82, 2.24) is 4.90 Å². The summed E-state index contributed by atoms with van der Waals surface area (Å²) >= 11 is 8.08. The van der Waals surface area contributed by atoms with E-state index >= 15 is 0 Å². The zero-order chi connectivity index (χ0) is 9.84. The molecule has 13 heavy (non-hydrogen) atoms. The molecule has 5 heteroatoms. The van der Waals surface area contributed by atoms with Gasteiger partial charge in [-0.2, -0.15) is 0 Å². The summed E-state index contributed by atoms with van der Waals surface area (Å²) in [6.45, 7) is 0.731. The van der Waals surface area contributed by atoms with Crippen molar-refractivity contribution < 1.29 is 4.79 Å². The van der Waals surface area contributed by atoms with E-state index < -0.39 is 0 Å². The monoisotopic (exact) mass is 325 g/mol. The van der Waals surface area contributed by atoms with Gasteiger partial charge in [-0.3, -0.25) is 4.79 Å². The molecular formula is C8H9Br2NOS. The zero-order valence-corrected chi connectivity index (χ0v) is 11.1. The Morgan fingerprint density at radius 2 is 2.31 bits per heavy atom. The highest BCUT2D eigenvalue weighted by atomic mass is 79.9. The Morgan fingerprint density at radius 1 is 1.62 bits per heavy atom. The van der Waals surface area contributed by atoms with Crippen LogP contribution in [0.2, 0.25) is 0 Å². The minimum atomic E-state index is 0.0788. The minimum Gasteiger partial charge on any atom is -0.340 e. The Balaban J connectivity index is 2.67. The molecule has 0 unspecified atom stereocenters. The van der Waals surface area contributed by atoms with Crippen LogP contribution in [0, 0.1) is 0 Å². The minimum absolute atomic E-state index is 0.0788. The van der Waals surface area contributed by atoms with Crippen molar-refractivity contribution in [2.75, 3.05) is 18.9 Å². The lowest BCUT2D eigenvalue weighted by Gasteiger charge is -2.13. The van der Waals surface area contributed by atoms with Crippen LogP contribution in [0.3, 0.4) is 0 Å². The van der Waals surface area contributed by atoms with Gasteiger partial charge in [0, 0.05) is 18.9 Å². The van der Waals surface area contributed by atoms with E-state index in [2.05, 4.69) is 31.9 Å². The van der Waals surface area contributed by atoms with Crippen LogP contribution in [-0.4, -0.2) is 29.7 Å². The van der Waals surface area contributed by atoms with E-state index in [9.17, 15) is 4.79 Å². The average Bonchev–Trinajstić information content (AvgIpc) is 2.51. The summed E-state index contributed by atoms with van der Waals surface area (Å²) in [5.41, 5.74) is 0. The molecule has 0 aliphatic heterocycles. The van der Waals surface area contributed by atoms with Crippen LogP contribution in [0.5, 0.6) is 0 Å². The fourth-order valence-electron chi connectivity index (χ4n) is 0.846. The Bertz CT molecular complexity index is 300. The molecule has 1 heterocycles. The molecule has 1 amide bonds. The Hall–Kier alpha value is 0.130. The van der Waals surface area contributed by atoms with Crippen LogP contribution in [0.15, 0.2) is 15.9 Å². The molecule has 2 nitrogen and oxygen atoms in total. The number of carbonyl (C=O) groups excluding carboxylic acids is 1. The van der Waals surface area contributed by atoms with Gasteiger partial charge in [0.2, 0.25) is 0 Å². The van der Waals surface area contributed by atoms with Gasteiger partial charge in [0.05, 0.1) is 8.66 Å². The average molecular weight is 327 g/mol. The number of halogens is 2. The second-order valence-electron chi connectivity index (χ2n) is 2.52. The molecule has 0 saturated heterocycles. The smallest absolute Gasteiger partial charge is 0.263 e. The highest BCUT2D eigenvalue weighted by molar-refractivity contribution is 9.11. The van der Waals surface area contributed by atoms with Crippen molar-refractivity contribution in [2.45, 2.75) is 0 Å². The van der Waals surface area contributed by atoms with Crippen LogP contribution in [-0.2, 0) is 0 Å². The molecule has 0 aromatic carbocycles. The quantitative estimate of drug-likeness (QED) is 0.782. The third-order valence-electron chi connectivity index (χ3n) is 1.55. The van der Waals surface area contributed by atoms with Gasteiger partial charge >= 0.3 is 0 Å². The first kappa shape index (κ1) is 11.2. The molecule has 0 saturated carbocycles. The molecule has 0 aliphatic rings. The predicted molar refractivity (Wildman–Crippen MR) is 62.8 cm³/mol. The van der Waals surface area contributed by atoms with Crippen LogP contribution >= 0.6 is 43.2 Å². The van der Waals surface area contributed by atoms with Gasteiger partial charge < -0.3 is 4.90 Å². The number of thiophene rings is 1. The normalized spacial score (nSPS) is 10.1. The van der Waals surface area contributed by atoms with Crippen molar-refractivity contribution in [3.05, 3.63) is 20.8 Å². The lowest BCUT2D eigenvalue weighted by atomic mass is 10.4. The van der Waals surface area contributed by atoms with Crippen LogP contribution in [0.1, 0.15) is 9.67 Å². The molecule has 0 aliphatic carbocycles. The fourth-order valence-corrected chi connectivity index (χ4v) is 2.76. The first-order valence-corrected chi connectivity index (χ1v) is 6.45. The van der Waals surface area contributed by atoms with Crippen molar-refractivity contribution in [2.24, 2.45) is 0 Å². The molecule has 0 atom stereocenters. The van der Waals surface area contributed by atoms with E-state index in [1.807, 2.05) is 12.1 Å². The molecule has 1 aromatic rings. The summed E-state index contributed by atoms with van der Waals surface area (Å²) < 4.78 is 0.989. The Morgan fingerprint density at radius 3 is 2.77 bits per heavy atom. The summed E-state index contributed by atoms with van der Waals surface area (Å²) in [5, 5.41) is 0.807. The van der Waals surface area contributed by atoms with Crippen molar-refractivity contribution >= 4 is 49.1 Å². The van der Waals surface area contributed by atoms with Crippen molar-refractivity contribution in [3.8, 4) is 0 Å². The molecule has 1 aromatic heterocycles. The summed E-state index contributed by atoms with van der Waals surface area (Å²) in [6, 6.07) is 3.72. The Labute approximate surface area is 98.2 Å². The molecular weight excluding hydrogens is 318 g/mol. The van der Waals surface area contributed by atoms with Crippen LogP contribution in [0.4, 0.5) is 0 Å². The number of hydrogen-bond donors (Lipinski definition) is 0. The van der Waals surface area contributed by atoms with Crippen LogP contribution < -0.4 is 0 Å². The standard InChI is InChI=1S/C8H9Br2NOS/c1-11(5-4-9)8(12)6-2-3-7(10)13-6/h2-3H,4-5H2,1H3. The third kappa shape index (κ3) is 3.07. The van der Waals surface area contributed by atoms with Gasteiger partial charge in [-0.1, -0.05) is 15.9 Å². The van der Waals surface area contributed by atoms with Gasteiger partial charge in [-0.15, -0.1) is 11.3 Å².